The molecular formula is C13H19BrN2O3S. The molecule has 1 atom stereocenters. The molecule has 0 bridgehead atoms. The molecule has 1 heterocycles. The summed E-state index contributed by atoms with van der Waals surface area (Å²) < 4.78 is 32.8. The van der Waals surface area contributed by atoms with Crippen LogP contribution in [0, 0.1) is 6.92 Å². The number of hydrogen-bond acceptors (Lipinski definition) is 4. The molecule has 0 amide bonds. The molecule has 112 valence electrons. The van der Waals surface area contributed by atoms with Crippen molar-refractivity contribution in [3.8, 4) is 0 Å². The first kappa shape index (κ1) is 15.8. The van der Waals surface area contributed by atoms with Crippen LogP contribution in [-0.4, -0.2) is 39.0 Å². The third-order valence-electron chi connectivity index (χ3n) is 3.54. The number of hydrogen-bond donors (Lipinski definition) is 1. The molecule has 2 N–H and O–H groups in total. The van der Waals surface area contributed by atoms with E-state index in [1.165, 1.54) is 4.31 Å². The molecule has 0 radical (unpaired) electrons. The van der Waals surface area contributed by atoms with E-state index in [1.54, 1.807) is 26.1 Å². The molecule has 5 nitrogen and oxygen atoms in total. The van der Waals surface area contributed by atoms with Crippen molar-refractivity contribution in [2.45, 2.75) is 30.8 Å². The zero-order chi connectivity index (χ0) is 14.9. The quantitative estimate of drug-likeness (QED) is 0.832. The van der Waals surface area contributed by atoms with Gasteiger partial charge >= 0.3 is 0 Å². The lowest BCUT2D eigenvalue weighted by atomic mass is 10.2. The van der Waals surface area contributed by atoms with Crippen molar-refractivity contribution in [2.24, 2.45) is 0 Å². The van der Waals surface area contributed by atoms with Gasteiger partial charge in [0.2, 0.25) is 10.0 Å². The second kappa shape index (κ2) is 6.01. The van der Waals surface area contributed by atoms with Crippen molar-refractivity contribution >= 4 is 31.6 Å². The Balaban J connectivity index is 2.29. The highest BCUT2D eigenvalue weighted by Gasteiger charge is 2.28. The molecule has 1 unspecified atom stereocenters. The van der Waals surface area contributed by atoms with Gasteiger partial charge in [0.15, 0.2) is 0 Å². The number of halogens is 1. The summed E-state index contributed by atoms with van der Waals surface area (Å²) in [6, 6.07) is 3.29. The molecule has 0 aliphatic carbocycles. The van der Waals surface area contributed by atoms with Crippen molar-refractivity contribution in [3.63, 3.8) is 0 Å². The van der Waals surface area contributed by atoms with Crippen molar-refractivity contribution in [1.29, 1.82) is 0 Å². The van der Waals surface area contributed by atoms with Crippen LogP contribution in [0.3, 0.4) is 0 Å². The van der Waals surface area contributed by atoms with E-state index in [0.29, 0.717) is 28.9 Å². The minimum absolute atomic E-state index is 0.0143. The summed E-state index contributed by atoms with van der Waals surface area (Å²) in [7, 11) is -1.98. The van der Waals surface area contributed by atoms with Gasteiger partial charge < -0.3 is 10.5 Å². The van der Waals surface area contributed by atoms with E-state index < -0.39 is 10.0 Å². The Bertz CT molecular complexity index is 598. The highest BCUT2D eigenvalue weighted by molar-refractivity contribution is 9.10. The van der Waals surface area contributed by atoms with Gasteiger partial charge in [0.1, 0.15) is 0 Å². The lowest BCUT2D eigenvalue weighted by Gasteiger charge is -2.22. The topological polar surface area (TPSA) is 72.6 Å². The molecule has 0 aromatic heterocycles. The molecular weight excluding hydrogens is 344 g/mol. The van der Waals surface area contributed by atoms with Gasteiger partial charge in [-0.1, -0.05) is 15.9 Å². The Morgan fingerprint density at radius 2 is 2.20 bits per heavy atom. The SMILES string of the molecule is Cc1c(N)cc(Br)cc1S(=O)(=O)N(C)CC1CCCO1. The average Bonchev–Trinajstić information content (AvgIpc) is 2.86. The van der Waals surface area contributed by atoms with Crippen LogP contribution in [0.1, 0.15) is 18.4 Å². The van der Waals surface area contributed by atoms with Crippen molar-refractivity contribution < 1.29 is 13.2 Å². The molecule has 1 aliphatic heterocycles. The Hall–Kier alpha value is -0.630. The molecule has 20 heavy (non-hydrogen) atoms. The summed E-state index contributed by atoms with van der Waals surface area (Å²) in [5.41, 5.74) is 6.88. The minimum atomic E-state index is -3.56. The largest absolute Gasteiger partial charge is 0.398 e. The summed E-state index contributed by atoms with van der Waals surface area (Å²) >= 11 is 3.29. The molecule has 1 aromatic carbocycles. The molecule has 1 aromatic rings. The third-order valence-corrected chi connectivity index (χ3v) is 5.95. The number of nitrogens with zero attached hydrogens (tertiary/aromatic N) is 1. The Labute approximate surface area is 128 Å². The minimum Gasteiger partial charge on any atom is -0.398 e. The van der Waals surface area contributed by atoms with Crippen molar-refractivity contribution in [3.05, 3.63) is 22.2 Å². The summed E-state index contributed by atoms with van der Waals surface area (Å²) in [4.78, 5) is 0.241. The van der Waals surface area contributed by atoms with Crippen molar-refractivity contribution in [2.75, 3.05) is 25.9 Å². The molecule has 0 spiro atoms. The van der Waals surface area contributed by atoms with Crippen LogP contribution < -0.4 is 5.73 Å². The molecule has 1 aliphatic rings. The molecule has 1 fully saturated rings. The first-order valence-corrected chi connectivity index (χ1v) is 8.69. The summed E-state index contributed by atoms with van der Waals surface area (Å²) in [5.74, 6) is 0. The first-order valence-electron chi connectivity index (χ1n) is 6.46. The van der Waals surface area contributed by atoms with E-state index >= 15 is 0 Å². The zero-order valence-corrected chi connectivity index (χ0v) is 14.0. The molecule has 2 rings (SSSR count). The van der Waals surface area contributed by atoms with Gasteiger partial charge in [-0.25, -0.2) is 8.42 Å². The van der Waals surface area contributed by atoms with Gasteiger partial charge in [0.25, 0.3) is 0 Å². The van der Waals surface area contributed by atoms with Crippen LogP contribution in [0.4, 0.5) is 5.69 Å². The fraction of sp³-hybridized carbons (Fsp3) is 0.538. The predicted molar refractivity (Wildman–Crippen MR) is 82.1 cm³/mol. The molecule has 7 heteroatoms. The maximum Gasteiger partial charge on any atom is 0.243 e. The molecule has 1 saturated heterocycles. The highest BCUT2D eigenvalue weighted by Crippen LogP contribution is 2.28. The number of nitrogens with two attached hydrogens (primary N) is 1. The van der Waals surface area contributed by atoms with E-state index in [1.807, 2.05) is 0 Å². The van der Waals surface area contributed by atoms with Gasteiger partial charge in [0.05, 0.1) is 11.0 Å². The molecule has 0 saturated carbocycles. The Kier molecular flexibility index (Phi) is 4.73. The normalized spacial score (nSPS) is 19.7. The van der Waals surface area contributed by atoms with Gasteiger partial charge in [-0.05, 0) is 37.5 Å². The maximum atomic E-state index is 12.6. The van der Waals surface area contributed by atoms with Crippen LogP contribution in [0.25, 0.3) is 0 Å². The smallest absolute Gasteiger partial charge is 0.243 e. The van der Waals surface area contributed by atoms with Crippen LogP contribution in [0.15, 0.2) is 21.5 Å². The fourth-order valence-electron chi connectivity index (χ4n) is 2.28. The monoisotopic (exact) mass is 362 g/mol. The average molecular weight is 363 g/mol. The van der Waals surface area contributed by atoms with Crippen LogP contribution in [0.2, 0.25) is 0 Å². The number of rotatable bonds is 4. The van der Waals surface area contributed by atoms with E-state index in [-0.39, 0.29) is 11.0 Å². The summed E-state index contributed by atoms with van der Waals surface area (Å²) in [6.45, 7) is 2.80. The lowest BCUT2D eigenvalue weighted by molar-refractivity contribution is 0.0979. The second-order valence-corrected chi connectivity index (χ2v) is 7.97. The van der Waals surface area contributed by atoms with Crippen LogP contribution >= 0.6 is 15.9 Å². The number of ether oxygens (including phenoxy) is 1. The van der Waals surface area contributed by atoms with Crippen LogP contribution in [0.5, 0.6) is 0 Å². The third kappa shape index (κ3) is 3.16. The number of sulfonamides is 1. The number of benzene rings is 1. The van der Waals surface area contributed by atoms with E-state index in [9.17, 15) is 8.42 Å². The van der Waals surface area contributed by atoms with Gasteiger partial charge in [-0.2, -0.15) is 4.31 Å². The predicted octanol–water partition coefficient (Wildman–Crippen LogP) is 2.14. The van der Waals surface area contributed by atoms with Gasteiger partial charge in [-0.15, -0.1) is 0 Å². The van der Waals surface area contributed by atoms with E-state index in [0.717, 1.165) is 12.8 Å². The second-order valence-electron chi connectivity index (χ2n) is 5.04. The standard InChI is InChI=1S/C13H19BrN2O3S/c1-9-12(15)6-10(14)7-13(9)20(17,18)16(2)8-11-4-3-5-19-11/h6-7,11H,3-5,8,15H2,1-2H3. The Morgan fingerprint density at radius 3 is 2.80 bits per heavy atom. The van der Waals surface area contributed by atoms with E-state index in [2.05, 4.69) is 15.9 Å². The highest BCUT2D eigenvalue weighted by atomic mass is 79.9. The van der Waals surface area contributed by atoms with Gasteiger partial charge in [-0.3, -0.25) is 0 Å². The fourth-order valence-corrected chi connectivity index (χ4v) is 4.39. The number of nitrogen functional groups attached to an aromatic ring is 1. The van der Waals surface area contributed by atoms with Gasteiger partial charge in [0, 0.05) is 30.4 Å². The number of anilines is 1. The maximum absolute atomic E-state index is 12.6. The van der Waals surface area contributed by atoms with Crippen LogP contribution in [-0.2, 0) is 14.8 Å². The Morgan fingerprint density at radius 1 is 1.50 bits per heavy atom. The van der Waals surface area contributed by atoms with E-state index in [4.69, 9.17) is 10.5 Å². The summed E-state index contributed by atoms with van der Waals surface area (Å²) in [6.07, 6.45) is 1.88. The number of likely N-dealkylation sites (N-methyl/N-ethyl adjacent to an activating group) is 1. The first-order chi connectivity index (χ1) is 9.32. The summed E-state index contributed by atoms with van der Waals surface area (Å²) in [5, 5.41) is 0. The zero-order valence-electron chi connectivity index (χ0n) is 11.6. The lowest BCUT2D eigenvalue weighted by Crippen LogP contribution is -2.34. The van der Waals surface area contributed by atoms with Crippen molar-refractivity contribution in [1.82, 2.24) is 4.31 Å².